The number of aryl methyl sites for hydroxylation is 2. The first-order chi connectivity index (χ1) is 14.5. The fourth-order valence-electron chi connectivity index (χ4n) is 3.06. The first-order valence-corrected chi connectivity index (χ1v) is 10.4. The maximum atomic E-state index is 12.3. The van der Waals surface area contributed by atoms with E-state index in [2.05, 4.69) is 15.5 Å². The van der Waals surface area contributed by atoms with Crippen molar-refractivity contribution in [3.05, 3.63) is 53.3 Å². The lowest BCUT2D eigenvalue weighted by atomic mass is 10.1. The molecule has 0 spiro atoms. The largest absolute Gasteiger partial charge is 0.485 e. The second-order valence-electron chi connectivity index (χ2n) is 6.87. The second-order valence-corrected chi connectivity index (χ2v) is 7.81. The maximum Gasteiger partial charge on any atom is 0.234 e. The van der Waals surface area contributed by atoms with Gasteiger partial charge in [0.25, 0.3) is 0 Å². The zero-order valence-corrected chi connectivity index (χ0v) is 17.8. The monoisotopic (exact) mass is 426 g/mol. The lowest BCUT2D eigenvalue weighted by Gasteiger charge is -2.11. The van der Waals surface area contributed by atoms with E-state index in [-0.39, 0.29) is 18.5 Å². The second kappa shape index (κ2) is 8.66. The molecule has 0 saturated heterocycles. The van der Waals surface area contributed by atoms with E-state index in [1.165, 1.54) is 11.8 Å². The van der Waals surface area contributed by atoms with Gasteiger partial charge in [-0.15, -0.1) is 10.2 Å². The molecule has 156 valence electrons. The highest BCUT2D eigenvalue weighted by molar-refractivity contribution is 7.99. The number of thioether (sulfide) groups is 1. The molecule has 2 aromatic carbocycles. The normalized spacial score (nSPS) is 12.1. The van der Waals surface area contributed by atoms with Gasteiger partial charge >= 0.3 is 0 Å². The van der Waals surface area contributed by atoms with Crippen LogP contribution in [0.1, 0.15) is 17.0 Å². The van der Waals surface area contributed by atoms with Crippen LogP contribution in [0, 0.1) is 13.8 Å². The highest BCUT2D eigenvalue weighted by Gasteiger charge is 2.16. The van der Waals surface area contributed by atoms with Crippen molar-refractivity contribution < 1.29 is 19.0 Å². The van der Waals surface area contributed by atoms with E-state index < -0.39 is 0 Å². The summed E-state index contributed by atoms with van der Waals surface area (Å²) in [4.78, 5) is 12.3. The summed E-state index contributed by atoms with van der Waals surface area (Å²) < 4.78 is 18.4. The molecule has 9 heteroatoms. The summed E-state index contributed by atoms with van der Waals surface area (Å²) in [6.45, 7) is 4.53. The number of hydrogen-bond acceptors (Lipinski definition) is 7. The minimum atomic E-state index is -0.143. The first-order valence-electron chi connectivity index (χ1n) is 9.41. The summed E-state index contributed by atoms with van der Waals surface area (Å²) in [5.74, 6) is 2.92. The molecule has 30 heavy (non-hydrogen) atoms. The fraction of sp³-hybridized carbons (Fsp3) is 0.286. The van der Waals surface area contributed by atoms with Gasteiger partial charge in [-0.1, -0.05) is 30.0 Å². The van der Waals surface area contributed by atoms with Crippen LogP contribution < -0.4 is 19.5 Å². The molecule has 1 aliphatic heterocycles. The van der Waals surface area contributed by atoms with Crippen molar-refractivity contribution in [3.63, 3.8) is 0 Å². The van der Waals surface area contributed by atoms with Crippen molar-refractivity contribution in [2.24, 2.45) is 7.05 Å². The van der Waals surface area contributed by atoms with Crippen molar-refractivity contribution in [2.45, 2.75) is 25.6 Å². The molecule has 0 atom stereocenters. The van der Waals surface area contributed by atoms with Crippen LogP contribution in [0.4, 0.5) is 5.69 Å². The van der Waals surface area contributed by atoms with E-state index in [4.69, 9.17) is 14.2 Å². The highest BCUT2D eigenvalue weighted by Crippen LogP contribution is 2.34. The van der Waals surface area contributed by atoms with Gasteiger partial charge in [-0.2, -0.15) is 0 Å². The Balaban J connectivity index is 1.32. The van der Waals surface area contributed by atoms with Crippen LogP contribution >= 0.6 is 11.8 Å². The van der Waals surface area contributed by atoms with Crippen LogP contribution in [0.3, 0.4) is 0 Å². The molecule has 1 aliphatic rings. The SMILES string of the molecule is Cc1cccc(C)c1OCc1nnc(SCC(=O)Nc2ccc3c(c2)OCO3)n1C. The van der Waals surface area contributed by atoms with Crippen LogP contribution in [0.2, 0.25) is 0 Å². The molecule has 0 saturated carbocycles. The van der Waals surface area contributed by atoms with Gasteiger partial charge in [-0.3, -0.25) is 4.79 Å². The molecule has 1 amide bonds. The number of hydrogen-bond donors (Lipinski definition) is 1. The number of anilines is 1. The summed E-state index contributed by atoms with van der Waals surface area (Å²) in [5.41, 5.74) is 2.81. The Kier molecular flexibility index (Phi) is 5.80. The standard InChI is InChI=1S/C21H22N4O4S/c1-13-5-4-6-14(2)20(13)27-10-18-23-24-21(25(18)3)30-11-19(26)22-15-7-8-16-17(9-15)29-12-28-16/h4-9H,10-12H2,1-3H3,(H,22,26). The predicted molar refractivity (Wildman–Crippen MR) is 113 cm³/mol. The minimum absolute atomic E-state index is 0.143. The molecule has 1 aromatic heterocycles. The van der Waals surface area contributed by atoms with E-state index in [1.54, 1.807) is 18.2 Å². The van der Waals surface area contributed by atoms with Gasteiger partial charge in [0.1, 0.15) is 12.4 Å². The number of aromatic nitrogens is 3. The number of nitrogens with one attached hydrogen (secondary N) is 1. The van der Waals surface area contributed by atoms with Crippen molar-refractivity contribution in [1.82, 2.24) is 14.8 Å². The van der Waals surface area contributed by atoms with Gasteiger partial charge in [0.15, 0.2) is 22.5 Å². The molecule has 0 aliphatic carbocycles. The summed E-state index contributed by atoms with van der Waals surface area (Å²) in [7, 11) is 1.86. The number of para-hydroxylation sites is 1. The van der Waals surface area contributed by atoms with Gasteiger partial charge in [-0.25, -0.2) is 0 Å². The number of fused-ring (bicyclic) bond motifs is 1. The molecule has 0 unspecified atom stereocenters. The van der Waals surface area contributed by atoms with E-state index in [0.717, 1.165) is 16.9 Å². The first kappa shape index (κ1) is 20.1. The summed E-state index contributed by atoms with van der Waals surface area (Å²) in [6.07, 6.45) is 0. The predicted octanol–water partition coefficient (Wildman–Crippen LogP) is 3.47. The van der Waals surface area contributed by atoms with Crippen molar-refractivity contribution in [3.8, 4) is 17.2 Å². The molecule has 0 radical (unpaired) electrons. The van der Waals surface area contributed by atoms with E-state index >= 15 is 0 Å². The minimum Gasteiger partial charge on any atom is -0.485 e. The Bertz CT molecular complexity index is 1060. The lowest BCUT2D eigenvalue weighted by molar-refractivity contribution is -0.113. The Morgan fingerprint density at radius 2 is 1.93 bits per heavy atom. The lowest BCUT2D eigenvalue weighted by Crippen LogP contribution is -2.14. The Hall–Kier alpha value is -3.20. The quantitative estimate of drug-likeness (QED) is 0.579. The smallest absolute Gasteiger partial charge is 0.234 e. The molecule has 8 nitrogen and oxygen atoms in total. The van der Waals surface area contributed by atoms with E-state index in [0.29, 0.717) is 34.8 Å². The van der Waals surface area contributed by atoms with Crippen molar-refractivity contribution >= 4 is 23.4 Å². The third-order valence-corrected chi connectivity index (χ3v) is 5.69. The van der Waals surface area contributed by atoms with E-state index in [1.807, 2.05) is 43.7 Å². The van der Waals surface area contributed by atoms with Gasteiger partial charge in [0.2, 0.25) is 12.7 Å². The maximum absolute atomic E-state index is 12.3. The molecule has 4 rings (SSSR count). The van der Waals surface area contributed by atoms with Crippen molar-refractivity contribution in [1.29, 1.82) is 0 Å². The third kappa shape index (κ3) is 4.35. The van der Waals surface area contributed by atoms with Crippen LogP contribution in [0.15, 0.2) is 41.6 Å². The molecule has 0 bridgehead atoms. The van der Waals surface area contributed by atoms with Crippen molar-refractivity contribution in [2.75, 3.05) is 17.9 Å². The number of carbonyl (C=O) groups is 1. The molecule has 1 N–H and O–H groups in total. The topological polar surface area (TPSA) is 87.5 Å². The number of nitrogens with zero attached hydrogens (tertiary/aromatic N) is 3. The van der Waals surface area contributed by atoms with Crippen LogP contribution in [-0.2, 0) is 18.4 Å². The average molecular weight is 426 g/mol. The van der Waals surface area contributed by atoms with Crippen LogP contribution in [0.5, 0.6) is 17.2 Å². The molecule has 0 fully saturated rings. The zero-order valence-electron chi connectivity index (χ0n) is 17.0. The fourth-order valence-corrected chi connectivity index (χ4v) is 3.79. The van der Waals surface area contributed by atoms with Gasteiger partial charge in [0, 0.05) is 18.8 Å². The molecular weight excluding hydrogens is 404 g/mol. The van der Waals surface area contributed by atoms with Crippen LogP contribution in [-0.4, -0.2) is 33.2 Å². The zero-order chi connectivity index (χ0) is 21.1. The van der Waals surface area contributed by atoms with Crippen LogP contribution in [0.25, 0.3) is 0 Å². The van der Waals surface area contributed by atoms with Gasteiger partial charge in [0.05, 0.1) is 5.75 Å². The third-order valence-electron chi connectivity index (χ3n) is 4.67. The van der Waals surface area contributed by atoms with E-state index in [9.17, 15) is 4.79 Å². The Morgan fingerprint density at radius 3 is 2.73 bits per heavy atom. The summed E-state index contributed by atoms with van der Waals surface area (Å²) in [6, 6.07) is 11.3. The number of amides is 1. The number of ether oxygens (including phenoxy) is 3. The van der Waals surface area contributed by atoms with Gasteiger partial charge < -0.3 is 24.1 Å². The Morgan fingerprint density at radius 1 is 1.17 bits per heavy atom. The number of rotatable bonds is 7. The molecule has 3 aromatic rings. The molecule has 2 heterocycles. The number of benzene rings is 2. The average Bonchev–Trinajstić information content (AvgIpc) is 3.32. The summed E-state index contributed by atoms with van der Waals surface area (Å²) in [5, 5.41) is 11.9. The van der Waals surface area contributed by atoms with Gasteiger partial charge in [-0.05, 0) is 37.1 Å². The molecular formula is C21H22N4O4S. The Labute approximate surface area is 178 Å². The summed E-state index contributed by atoms with van der Waals surface area (Å²) >= 11 is 1.31. The highest BCUT2D eigenvalue weighted by atomic mass is 32.2. The number of carbonyl (C=O) groups excluding carboxylic acids is 1.